The molecule has 3 unspecified atom stereocenters. The van der Waals surface area contributed by atoms with E-state index in [4.69, 9.17) is 25.3 Å². The number of anilines is 1. The van der Waals surface area contributed by atoms with Crippen LogP contribution in [0, 0.1) is 18.3 Å². The topological polar surface area (TPSA) is 123 Å². The molecule has 1 spiro atoms. The van der Waals surface area contributed by atoms with Gasteiger partial charge in [0.1, 0.15) is 11.1 Å². The monoisotopic (exact) mass is 528 g/mol. The molecule has 1 aliphatic heterocycles. The largest absolute Gasteiger partial charge is 0.389 e. The number of aryl methyl sites for hydroxylation is 2. The summed E-state index contributed by atoms with van der Waals surface area (Å²) in [5, 5.41) is 21.0. The van der Waals surface area contributed by atoms with Crippen LogP contribution in [0.4, 0.5) is 5.00 Å². The third-order valence-electron chi connectivity index (χ3n) is 9.22. The number of fused-ring (bicyclic) bond motifs is 5. The molecule has 0 bridgehead atoms. The molecule has 0 radical (unpaired) electrons. The molecule has 1 saturated heterocycles. The molecule has 10 heteroatoms. The summed E-state index contributed by atoms with van der Waals surface area (Å²) in [6, 6.07) is 3.03. The minimum Gasteiger partial charge on any atom is -0.389 e. The van der Waals surface area contributed by atoms with E-state index in [1.165, 1.54) is 11.3 Å². The zero-order valence-corrected chi connectivity index (χ0v) is 22.9. The van der Waals surface area contributed by atoms with Crippen LogP contribution in [0.15, 0.2) is 10.7 Å². The summed E-state index contributed by atoms with van der Waals surface area (Å²) in [6.07, 6.45) is 9.98. The smallest absolute Gasteiger partial charge is 0.184 e. The van der Waals surface area contributed by atoms with Crippen molar-refractivity contribution in [3.05, 3.63) is 39.2 Å². The molecule has 0 amide bonds. The summed E-state index contributed by atoms with van der Waals surface area (Å²) in [5.41, 5.74) is 11.2. The normalized spacial score (nSPS) is 24.0. The van der Waals surface area contributed by atoms with Crippen molar-refractivity contribution in [1.29, 1.82) is 5.26 Å². The predicted octanol–water partition coefficient (Wildman–Crippen LogP) is 4.92. The molecule has 0 aromatic carbocycles. The number of hydrogen-bond acceptors (Lipinski definition) is 9. The number of likely N-dealkylation sites (tertiary alicyclic amines) is 1. The second-order valence-electron chi connectivity index (χ2n) is 11.3. The van der Waals surface area contributed by atoms with E-state index < -0.39 is 0 Å². The Kier molecular flexibility index (Phi) is 5.39. The van der Waals surface area contributed by atoms with E-state index in [9.17, 15) is 5.26 Å². The summed E-state index contributed by atoms with van der Waals surface area (Å²) < 4.78 is 8.27. The summed E-state index contributed by atoms with van der Waals surface area (Å²) in [6.45, 7) is 5.38. The number of hydrogen-bond donors (Lipinski definition) is 1. The van der Waals surface area contributed by atoms with Crippen LogP contribution in [0.1, 0.15) is 84.5 Å². The first-order valence-electron chi connectivity index (χ1n) is 13.7. The summed E-state index contributed by atoms with van der Waals surface area (Å²) >= 11 is 1.56. The lowest BCUT2D eigenvalue weighted by atomic mass is 9.63. The van der Waals surface area contributed by atoms with Crippen molar-refractivity contribution in [2.24, 2.45) is 0 Å². The van der Waals surface area contributed by atoms with E-state index in [-0.39, 0.29) is 11.5 Å². The Bertz CT molecular complexity index is 1600. The van der Waals surface area contributed by atoms with Gasteiger partial charge in [0, 0.05) is 22.7 Å². The number of nitrogens with two attached hydrogens (primary N) is 1. The Labute approximate surface area is 225 Å². The molecule has 9 nitrogen and oxygen atoms in total. The molecule has 7 rings (SSSR count). The lowest BCUT2D eigenvalue weighted by molar-refractivity contribution is 0.232. The maximum atomic E-state index is 9.98. The van der Waals surface area contributed by atoms with Crippen LogP contribution in [0.2, 0.25) is 0 Å². The summed E-state index contributed by atoms with van der Waals surface area (Å²) in [7, 11) is 2.19. The first-order chi connectivity index (χ1) is 18.4. The van der Waals surface area contributed by atoms with Crippen LogP contribution in [0.25, 0.3) is 22.6 Å². The van der Waals surface area contributed by atoms with Crippen molar-refractivity contribution in [1.82, 2.24) is 29.8 Å². The average molecular weight is 529 g/mol. The van der Waals surface area contributed by atoms with Gasteiger partial charge in [-0.3, -0.25) is 0 Å². The molecule has 2 N–H and O–H groups in total. The molecule has 2 aliphatic carbocycles. The van der Waals surface area contributed by atoms with Crippen LogP contribution in [-0.4, -0.2) is 49.4 Å². The third-order valence-corrected chi connectivity index (χ3v) is 10.3. The molecule has 1 fully saturated rings. The van der Waals surface area contributed by atoms with Crippen LogP contribution < -0.4 is 5.73 Å². The predicted molar refractivity (Wildman–Crippen MR) is 146 cm³/mol. The number of aromatic nitrogens is 5. The fourth-order valence-corrected chi connectivity index (χ4v) is 8.55. The molecule has 5 heterocycles. The summed E-state index contributed by atoms with van der Waals surface area (Å²) in [4.78, 5) is 13.5. The van der Waals surface area contributed by atoms with Crippen molar-refractivity contribution in [2.45, 2.75) is 82.7 Å². The van der Waals surface area contributed by atoms with Crippen LogP contribution in [0.3, 0.4) is 0 Å². The highest BCUT2D eigenvalue weighted by Gasteiger charge is 2.48. The van der Waals surface area contributed by atoms with Gasteiger partial charge in [0.05, 0.1) is 28.1 Å². The molecule has 38 heavy (non-hydrogen) atoms. The molecule has 196 valence electrons. The zero-order valence-electron chi connectivity index (χ0n) is 22.1. The third kappa shape index (κ3) is 3.24. The molecular weight excluding hydrogens is 496 g/mol. The highest BCUT2D eigenvalue weighted by Crippen LogP contribution is 2.55. The lowest BCUT2D eigenvalue weighted by Gasteiger charge is -2.39. The number of nitrogens with zero attached hydrogens (tertiary/aromatic N) is 7. The second kappa shape index (κ2) is 8.61. The van der Waals surface area contributed by atoms with Crippen molar-refractivity contribution in [2.75, 3.05) is 19.3 Å². The number of rotatable bonds is 3. The standard InChI is InChI=1S/C28H32N8OS/c1-15-19-14-31-26(32-27(19)36(33-15)16(2)20-8-6-12-35(20)3)23-17-7-4-10-28(24(17)37-34-23)11-5-9-21-22(28)18(13-29)25(30)38-21/h14,16,20H,4-12,30H2,1-3H3. The van der Waals surface area contributed by atoms with E-state index in [2.05, 4.69) is 34.8 Å². The molecule has 0 saturated carbocycles. The Morgan fingerprint density at radius 1 is 1.26 bits per heavy atom. The van der Waals surface area contributed by atoms with E-state index in [1.54, 1.807) is 11.3 Å². The van der Waals surface area contributed by atoms with Crippen molar-refractivity contribution >= 4 is 27.4 Å². The van der Waals surface area contributed by atoms with E-state index in [0.717, 1.165) is 85.1 Å². The highest BCUT2D eigenvalue weighted by molar-refractivity contribution is 7.16. The van der Waals surface area contributed by atoms with Gasteiger partial charge in [-0.15, -0.1) is 11.3 Å². The molecular formula is C28H32N8OS. The molecule has 3 aliphatic rings. The summed E-state index contributed by atoms with van der Waals surface area (Å²) in [5.74, 6) is 1.46. The lowest BCUT2D eigenvalue weighted by Crippen LogP contribution is -2.35. The van der Waals surface area contributed by atoms with Crippen molar-refractivity contribution < 1.29 is 4.52 Å². The number of nitrogen functional groups attached to an aromatic ring is 1. The molecule has 4 aromatic rings. The van der Waals surface area contributed by atoms with Gasteiger partial charge in [0.15, 0.2) is 22.9 Å². The van der Waals surface area contributed by atoms with Gasteiger partial charge >= 0.3 is 0 Å². The van der Waals surface area contributed by atoms with Gasteiger partial charge < -0.3 is 15.2 Å². The van der Waals surface area contributed by atoms with E-state index in [0.29, 0.717) is 28.1 Å². The van der Waals surface area contributed by atoms with Gasteiger partial charge in [-0.2, -0.15) is 10.4 Å². The number of thiophene rings is 1. The van der Waals surface area contributed by atoms with Gasteiger partial charge in [0.25, 0.3) is 0 Å². The van der Waals surface area contributed by atoms with Gasteiger partial charge in [-0.25, -0.2) is 14.6 Å². The van der Waals surface area contributed by atoms with Gasteiger partial charge in [-0.05, 0) is 84.4 Å². The number of likely N-dealkylation sites (N-methyl/N-ethyl adjacent to an activating group) is 1. The second-order valence-corrected chi connectivity index (χ2v) is 12.4. The van der Waals surface area contributed by atoms with E-state index in [1.807, 2.05) is 13.1 Å². The SMILES string of the molecule is Cc1nn(C(C)C2CCCN2C)c2nc(-c3noc4c3CCCC43CCCc4sc(N)c(C#N)c43)ncc12. The Balaban J connectivity index is 1.35. The van der Waals surface area contributed by atoms with Gasteiger partial charge in [0.2, 0.25) is 0 Å². The maximum absolute atomic E-state index is 9.98. The highest BCUT2D eigenvalue weighted by atomic mass is 32.1. The Hall–Kier alpha value is -3.29. The Morgan fingerprint density at radius 3 is 2.84 bits per heavy atom. The van der Waals surface area contributed by atoms with Crippen LogP contribution in [0.5, 0.6) is 0 Å². The minimum atomic E-state index is -0.352. The van der Waals surface area contributed by atoms with Crippen molar-refractivity contribution in [3.63, 3.8) is 0 Å². The zero-order chi connectivity index (χ0) is 26.2. The first-order valence-corrected chi connectivity index (χ1v) is 14.5. The van der Waals surface area contributed by atoms with Crippen LogP contribution >= 0.6 is 11.3 Å². The fourth-order valence-electron chi connectivity index (χ4n) is 7.39. The average Bonchev–Trinajstić information content (AvgIpc) is 3.68. The van der Waals surface area contributed by atoms with Gasteiger partial charge in [-0.1, -0.05) is 5.16 Å². The van der Waals surface area contributed by atoms with Crippen LogP contribution in [-0.2, 0) is 18.3 Å². The number of nitriles is 1. The van der Waals surface area contributed by atoms with E-state index >= 15 is 0 Å². The Morgan fingerprint density at radius 2 is 2.08 bits per heavy atom. The molecule has 3 atom stereocenters. The quantitative estimate of drug-likeness (QED) is 0.398. The minimum absolute atomic E-state index is 0.199. The molecule has 4 aromatic heterocycles. The first kappa shape index (κ1) is 23.8. The van der Waals surface area contributed by atoms with Crippen molar-refractivity contribution in [3.8, 4) is 17.6 Å². The fraction of sp³-hybridized carbons (Fsp3) is 0.536. The maximum Gasteiger partial charge on any atom is 0.184 e.